The van der Waals surface area contributed by atoms with Gasteiger partial charge in [-0.1, -0.05) is 34.3 Å². The summed E-state index contributed by atoms with van der Waals surface area (Å²) in [6.07, 6.45) is 3.87. The summed E-state index contributed by atoms with van der Waals surface area (Å²) in [6.45, 7) is 5.39. The number of hydrogen-bond donors (Lipinski definition) is 0. The highest BCUT2D eigenvalue weighted by Crippen LogP contribution is 2.33. The number of carbonyl (C=O) groups excluding carboxylic acids is 1. The van der Waals surface area contributed by atoms with Gasteiger partial charge in [0.05, 0.1) is 5.69 Å². The Morgan fingerprint density at radius 2 is 2.19 bits per heavy atom. The number of aromatic nitrogens is 4. The first-order valence-corrected chi connectivity index (χ1v) is 9.92. The Morgan fingerprint density at radius 3 is 2.96 bits per heavy atom. The lowest BCUT2D eigenvalue weighted by Gasteiger charge is -2.33. The van der Waals surface area contributed by atoms with E-state index in [4.69, 9.17) is 4.98 Å². The summed E-state index contributed by atoms with van der Waals surface area (Å²) in [7, 11) is 0. The van der Waals surface area contributed by atoms with E-state index in [1.165, 1.54) is 17.1 Å². The van der Waals surface area contributed by atoms with Crippen LogP contribution in [0.2, 0.25) is 0 Å². The standard InChI is InChI=1S/C20H21N5OS/c1-13-5-3-6-15(9-13)17-10-21-14(2)22-19(17)16-7-4-8-25(11-16)20(26)18-12-27-24-23-18/h3,5-6,9-10,12,16H,4,7-8,11H2,1-2H3/t16-/m1/s1. The molecule has 3 aromatic rings. The molecule has 1 atom stereocenters. The Balaban J connectivity index is 1.66. The van der Waals surface area contributed by atoms with Crippen LogP contribution in [0, 0.1) is 13.8 Å². The van der Waals surface area contributed by atoms with Crippen molar-refractivity contribution in [3.8, 4) is 11.1 Å². The molecule has 0 radical (unpaired) electrons. The molecule has 1 fully saturated rings. The second kappa shape index (κ2) is 7.52. The van der Waals surface area contributed by atoms with Gasteiger partial charge in [-0.15, -0.1) is 5.10 Å². The molecule has 6 nitrogen and oxygen atoms in total. The van der Waals surface area contributed by atoms with Crippen molar-refractivity contribution in [2.45, 2.75) is 32.6 Å². The van der Waals surface area contributed by atoms with Crippen molar-refractivity contribution in [3.63, 3.8) is 0 Å². The zero-order chi connectivity index (χ0) is 18.8. The predicted molar refractivity (Wildman–Crippen MR) is 105 cm³/mol. The Bertz CT molecular complexity index is 957. The molecular weight excluding hydrogens is 358 g/mol. The average molecular weight is 379 g/mol. The van der Waals surface area contributed by atoms with Gasteiger partial charge in [-0.25, -0.2) is 9.97 Å². The van der Waals surface area contributed by atoms with Crippen LogP contribution in [0.5, 0.6) is 0 Å². The van der Waals surface area contributed by atoms with E-state index >= 15 is 0 Å². The van der Waals surface area contributed by atoms with Gasteiger partial charge in [0.2, 0.25) is 0 Å². The molecule has 138 valence electrons. The third-order valence-corrected chi connectivity index (χ3v) is 5.45. The van der Waals surface area contributed by atoms with Crippen LogP contribution in [0.25, 0.3) is 11.1 Å². The number of hydrogen-bond acceptors (Lipinski definition) is 6. The topological polar surface area (TPSA) is 71.9 Å². The monoisotopic (exact) mass is 379 g/mol. The van der Waals surface area contributed by atoms with E-state index in [9.17, 15) is 4.79 Å². The number of rotatable bonds is 3. The fraction of sp³-hybridized carbons (Fsp3) is 0.350. The quantitative estimate of drug-likeness (QED) is 0.695. The molecule has 0 saturated carbocycles. The molecule has 4 rings (SSSR count). The zero-order valence-electron chi connectivity index (χ0n) is 15.4. The minimum atomic E-state index is -0.0451. The first kappa shape index (κ1) is 17.7. The Hall–Kier alpha value is -2.67. The van der Waals surface area contributed by atoms with E-state index < -0.39 is 0 Å². The summed E-state index contributed by atoms with van der Waals surface area (Å²) < 4.78 is 3.81. The van der Waals surface area contributed by atoms with Gasteiger partial charge in [0.15, 0.2) is 5.69 Å². The molecule has 1 saturated heterocycles. The van der Waals surface area contributed by atoms with Crippen molar-refractivity contribution in [2.24, 2.45) is 0 Å². The highest BCUT2D eigenvalue weighted by atomic mass is 32.1. The molecule has 1 aliphatic heterocycles. The minimum Gasteiger partial charge on any atom is -0.337 e. The lowest BCUT2D eigenvalue weighted by Crippen LogP contribution is -2.39. The highest BCUT2D eigenvalue weighted by molar-refractivity contribution is 7.03. The van der Waals surface area contributed by atoms with Gasteiger partial charge in [-0.2, -0.15) is 0 Å². The van der Waals surface area contributed by atoms with Crippen LogP contribution >= 0.6 is 11.5 Å². The number of piperidine rings is 1. The molecule has 3 heterocycles. The Kier molecular flexibility index (Phi) is 4.94. The number of amides is 1. The summed E-state index contributed by atoms with van der Waals surface area (Å²) in [4.78, 5) is 23.8. The minimum absolute atomic E-state index is 0.0451. The summed E-state index contributed by atoms with van der Waals surface area (Å²) in [5.41, 5.74) is 4.84. The van der Waals surface area contributed by atoms with E-state index in [1.54, 1.807) is 5.38 Å². The molecule has 0 bridgehead atoms. The van der Waals surface area contributed by atoms with Gasteiger partial charge in [-0.3, -0.25) is 4.79 Å². The normalized spacial score (nSPS) is 17.1. The molecule has 7 heteroatoms. The lowest BCUT2D eigenvalue weighted by molar-refractivity contribution is 0.0700. The maximum Gasteiger partial charge on any atom is 0.275 e. The lowest BCUT2D eigenvalue weighted by atomic mass is 9.89. The van der Waals surface area contributed by atoms with Crippen LogP contribution < -0.4 is 0 Å². The van der Waals surface area contributed by atoms with Crippen LogP contribution in [0.1, 0.15) is 46.3 Å². The highest BCUT2D eigenvalue weighted by Gasteiger charge is 2.29. The SMILES string of the molecule is Cc1cccc(-c2cnc(C)nc2[C@@H]2CCCN(C(=O)c3csnn3)C2)c1. The fourth-order valence-electron chi connectivity index (χ4n) is 3.64. The van der Waals surface area contributed by atoms with Gasteiger partial charge in [0, 0.05) is 36.1 Å². The fourth-order valence-corrected chi connectivity index (χ4v) is 4.07. The van der Waals surface area contributed by atoms with E-state index in [2.05, 4.69) is 45.8 Å². The summed E-state index contributed by atoms with van der Waals surface area (Å²) in [6, 6.07) is 8.39. The maximum absolute atomic E-state index is 12.7. The van der Waals surface area contributed by atoms with Gasteiger partial charge >= 0.3 is 0 Å². The number of aryl methyl sites for hydroxylation is 2. The van der Waals surface area contributed by atoms with Crippen LogP contribution in [0.15, 0.2) is 35.8 Å². The Labute approximate surface area is 162 Å². The number of nitrogens with zero attached hydrogens (tertiary/aromatic N) is 5. The molecule has 0 N–H and O–H groups in total. The van der Waals surface area contributed by atoms with Gasteiger partial charge in [0.1, 0.15) is 5.82 Å². The van der Waals surface area contributed by atoms with Crippen LogP contribution in [-0.4, -0.2) is 43.5 Å². The molecule has 1 aliphatic rings. The van der Waals surface area contributed by atoms with Crippen molar-refractivity contribution in [2.75, 3.05) is 13.1 Å². The molecule has 1 aromatic carbocycles. The first-order chi connectivity index (χ1) is 13.1. The molecule has 2 aromatic heterocycles. The molecular formula is C20H21N5OS. The van der Waals surface area contributed by atoms with Crippen molar-refractivity contribution in [1.82, 2.24) is 24.5 Å². The van der Waals surface area contributed by atoms with Gasteiger partial charge < -0.3 is 4.90 Å². The van der Waals surface area contributed by atoms with E-state index in [0.29, 0.717) is 12.2 Å². The van der Waals surface area contributed by atoms with Gasteiger partial charge in [0.25, 0.3) is 5.91 Å². The van der Waals surface area contributed by atoms with Crippen molar-refractivity contribution in [1.29, 1.82) is 0 Å². The van der Waals surface area contributed by atoms with Crippen LogP contribution in [0.3, 0.4) is 0 Å². The van der Waals surface area contributed by atoms with Crippen molar-refractivity contribution in [3.05, 3.63) is 58.6 Å². The molecule has 0 spiro atoms. The maximum atomic E-state index is 12.7. The second-order valence-corrected chi connectivity index (χ2v) is 7.58. The first-order valence-electron chi connectivity index (χ1n) is 9.08. The molecule has 0 unspecified atom stereocenters. The molecule has 27 heavy (non-hydrogen) atoms. The number of benzene rings is 1. The molecule has 0 aliphatic carbocycles. The summed E-state index contributed by atoms with van der Waals surface area (Å²) in [5.74, 6) is 0.899. The predicted octanol–water partition coefficient (Wildman–Crippen LogP) is 3.63. The zero-order valence-corrected chi connectivity index (χ0v) is 16.2. The average Bonchev–Trinajstić information content (AvgIpc) is 3.22. The molecule has 1 amide bonds. The second-order valence-electron chi connectivity index (χ2n) is 6.97. The van der Waals surface area contributed by atoms with Crippen LogP contribution in [0.4, 0.5) is 0 Å². The smallest absolute Gasteiger partial charge is 0.275 e. The van der Waals surface area contributed by atoms with E-state index in [0.717, 1.165) is 42.0 Å². The summed E-state index contributed by atoms with van der Waals surface area (Å²) in [5, 5.41) is 5.64. The van der Waals surface area contributed by atoms with Gasteiger partial charge in [-0.05, 0) is 43.8 Å². The Morgan fingerprint density at radius 1 is 1.30 bits per heavy atom. The third kappa shape index (κ3) is 3.73. The largest absolute Gasteiger partial charge is 0.337 e. The van der Waals surface area contributed by atoms with E-state index in [-0.39, 0.29) is 11.8 Å². The third-order valence-electron chi connectivity index (χ3n) is 4.94. The van der Waals surface area contributed by atoms with Crippen LogP contribution in [-0.2, 0) is 0 Å². The van der Waals surface area contributed by atoms with Crippen molar-refractivity contribution >= 4 is 17.4 Å². The van der Waals surface area contributed by atoms with E-state index in [1.807, 2.05) is 18.0 Å². The van der Waals surface area contributed by atoms with Crippen molar-refractivity contribution < 1.29 is 4.79 Å². The number of likely N-dealkylation sites (tertiary alicyclic amines) is 1. The summed E-state index contributed by atoms with van der Waals surface area (Å²) >= 11 is 1.20. The number of carbonyl (C=O) groups is 1.